The average molecular weight is 543 g/mol. The summed E-state index contributed by atoms with van der Waals surface area (Å²) in [5.41, 5.74) is 2.68. The molecule has 1 atom stereocenters. The molecular weight excluding hydrogens is 514 g/mol. The lowest BCUT2D eigenvalue weighted by atomic mass is 10.00. The average Bonchev–Trinajstić information content (AvgIpc) is 3.22. The zero-order chi connectivity index (χ0) is 27.6. The molecule has 10 heteroatoms. The van der Waals surface area contributed by atoms with Gasteiger partial charge in [0, 0.05) is 34.3 Å². The number of aromatic nitrogens is 1. The predicted molar refractivity (Wildman–Crippen MR) is 141 cm³/mol. The Kier molecular flexibility index (Phi) is 7.94. The van der Waals surface area contributed by atoms with E-state index < -0.39 is 33.5 Å². The molecule has 0 spiro atoms. The van der Waals surface area contributed by atoms with E-state index in [1.807, 2.05) is 6.92 Å². The molecule has 4 aromatic rings. The van der Waals surface area contributed by atoms with Crippen molar-refractivity contribution in [3.8, 4) is 16.9 Å². The van der Waals surface area contributed by atoms with Crippen molar-refractivity contribution in [3.05, 3.63) is 82.9 Å². The van der Waals surface area contributed by atoms with Crippen molar-refractivity contribution in [3.63, 3.8) is 0 Å². The maximum Gasteiger partial charge on any atom is 0.307 e. The second-order valence-electron chi connectivity index (χ2n) is 9.90. The van der Waals surface area contributed by atoms with Gasteiger partial charge in [-0.15, -0.1) is 0 Å². The van der Waals surface area contributed by atoms with Crippen LogP contribution in [0.1, 0.15) is 43.2 Å². The number of fused-ring (bicyclic) bond motifs is 1. The van der Waals surface area contributed by atoms with E-state index in [1.165, 1.54) is 18.3 Å². The quantitative estimate of drug-likeness (QED) is 0.276. The van der Waals surface area contributed by atoms with Crippen molar-refractivity contribution in [1.82, 2.24) is 9.71 Å². The first-order valence-corrected chi connectivity index (χ1v) is 13.0. The van der Waals surface area contributed by atoms with Crippen LogP contribution in [0, 0.1) is 18.8 Å². The molecule has 200 valence electrons. The van der Waals surface area contributed by atoms with Gasteiger partial charge < -0.3 is 14.3 Å². The van der Waals surface area contributed by atoms with E-state index in [0.717, 1.165) is 5.56 Å². The van der Waals surface area contributed by atoms with E-state index in [0.29, 0.717) is 27.8 Å². The topological polar surface area (TPSA) is 102 Å². The monoisotopic (exact) mass is 542 g/mol. The molecule has 38 heavy (non-hydrogen) atoms. The molecule has 7 nitrogen and oxygen atoms in total. The second-order valence-corrected chi connectivity index (χ2v) is 12.0. The Morgan fingerprint density at radius 3 is 2.61 bits per heavy atom. The molecule has 0 radical (unpaired) electrons. The largest absolute Gasteiger partial charge is 0.489 e. The van der Waals surface area contributed by atoms with Gasteiger partial charge in [-0.05, 0) is 63.1 Å². The van der Waals surface area contributed by atoms with Crippen LogP contribution in [-0.2, 0) is 35.4 Å². The molecular formula is C28H28F2N2O5S. The van der Waals surface area contributed by atoms with E-state index in [9.17, 15) is 18.5 Å². The SMILES string of the molecule is Cc1ccc(CC(=O)O)c(OCc2cc(-c3ccnc(CNS(=O)C(C)(C)C)c3F)c3oc(F)cc3c2)c1. The smallest absolute Gasteiger partial charge is 0.307 e. The number of aliphatic carboxylic acids is 1. The molecule has 2 heterocycles. The summed E-state index contributed by atoms with van der Waals surface area (Å²) in [6, 6.07) is 10.4. The maximum absolute atomic E-state index is 15.6. The number of aryl methyl sites for hydroxylation is 1. The van der Waals surface area contributed by atoms with Crippen molar-refractivity contribution in [2.75, 3.05) is 0 Å². The number of nitrogens with one attached hydrogen (secondary N) is 1. The first kappa shape index (κ1) is 27.4. The van der Waals surface area contributed by atoms with Gasteiger partial charge in [-0.2, -0.15) is 4.39 Å². The minimum atomic E-state index is -1.43. The van der Waals surface area contributed by atoms with Gasteiger partial charge in [0.1, 0.15) is 17.9 Å². The zero-order valence-corrected chi connectivity index (χ0v) is 22.2. The Morgan fingerprint density at radius 1 is 1.13 bits per heavy atom. The molecule has 0 saturated heterocycles. The third-order valence-electron chi connectivity index (χ3n) is 5.78. The third-order valence-corrected chi connectivity index (χ3v) is 7.30. The number of nitrogens with zero attached hydrogens (tertiary/aromatic N) is 1. The van der Waals surface area contributed by atoms with Crippen molar-refractivity contribution in [1.29, 1.82) is 0 Å². The number of hydrogen-bond donors (Lipinski definition) is 2. The number of carbonyl (C=O) groups is 1. The Labute approximate surface area is 221 Å². The zero-order valence-electron chi connectivity index (χ0n) is 21.4. The lowest BCUT2D eigenvalue weighted by Gasteiger charge is -2.18. The first-order valence-electron chi connectivity index (χ1n) is 11.9. The summed E-state index contributed by atoms with van der Waals surface area (Å²) < 4.78 is 55.6. The Hall–Kier alpha value is -3.63. The standard InChI is InChI=1S/C28H28F2N2O5S/c1-16-5-6-18(13-25(33)34)23(9-16)36-15-17-10-19-12-24(29)37-27(19)21(11-17)20-7-8-31-22(26(20)30)14-32-38(35)28(2,3)4/h5-12,32H,13-15H2,1-4H3,(H,33,34). The first-order chi connectivity index (χ1) is 17.9. The van der Waals surface area contributed by atoms with E-state index >= 15 is 4.39 Å². The van der Waals surface area contributed by atoms with Gasteiger partial charge in [0.2, 0.25) is 0 Å². The van der Waals surface area contributed by atoms with Gasteiger partial charge in [-0.25, -0.2) is 13.3 Å². The summed E-state index contributed by atoms with van der Waals surface area (Å²) in [6.45, 7) is 7.22. The molecule has 2 N–H and O–H groups in total. The van der Waals surface area contributed by atoms with Crippen molar-refractivity contribution in [2.24, 2.45) is 0 Å². The number of carboxylic acid groups (broad SMARTS) is 1. The summed E-state index contributed by atoms with van der Waals surface area (Å²) in [5.74, 6) is -1.21. The van der Waals surface area contributed by atoms with Crippen LogP contribution in [0.5, 0.6) is 5.75 Å². The number of rotatable bonds is 9. The van der Waals surface area contributed by atoms with E-state index in [4.69, 9.17) is 9.15 Å². The lowest BCUT2D eigenvalue weighted by Crippen LogP contribution is -2.33. The predicted octanol–water partition coefficient (Wildman–Crippen LogP) is 5.84. The maximum atomic E-state index is 15.6. The molecule has 0 aliphatic carbocycles. The van der Waals surface area contributed by atoms with Gasteiger partial charge >= 0.3 is 5.97 Å². The molecule has 0 saturated carbocycles. The molecule has 0 amide bonds. The highest BCUT2D eigenvalue weighted by molar-refractivity contribution is 7.84. The fraction of sp³-hybridized carbons (Fsp3) is 0.286. The highest BCUT2D eigenvalue weighted by Gasteiger charge is 2.22. The van der Waals surface area contributed by atoms with Crippen LogP contribution in [0.25, 0.3) is 22.1 Å². The Bertz CT molecular complexity index is 1530. The van der Waals surface area contributed by atoms with Crippen LogP contribution in [0.2, 0.25) is 0 Å². The number of benzene rings is 2. The summed E-state index contributed by atoms with van der Waals surface area (Å²) in [6.07, 6.45) is 1.22. The number of furan rings is 1. The lowest BCUT2D eigenvalue weighted by molar-refractivity contribution is -0.136. The van der Waals surface area contributed by atoms with Gasteiger partial charge in [0.05, 0.1) is 34.4 Å². The molecule has 0 fully saturated rings. The molecule has 0 aliphatic rings. The van der Waals surface area contributed by atoms with Crippen LogP contribution in [-0.4, -0.2) is 25.0 Å². The van der Waals surface area contributed by atoms with Crippen molar-refractivity contribution in [2.45, 2.75) is 52.0 Å². The summed E-state index contributed by atoms with van der Waals surface area (Å²) in [7, 11) is -1.43. The van der Waals surface area contributed by atoms with E-state index in [1.54, 1.807) is 51.1 Å². The van der Waals surface area contributed by atoms with Crippen molar-refractivity contribution >= 4 is 27.9 Å². The minimum absolute atomic E-state index is 0.0253. The fourth-order valence-electron chi connectivity index (χ4n) is 3.90. The number of pyridine rings is 1. The minimum Gasteiger partial charge on any atom is -0.489 e. The molecule has 4 rings (SSSR count). The summed E-state index contributed by atoms with van der Waals surface area (Å²) >= 11 is 0. The third kappa shape index (κ3) is 6.25. The van der Waals surface area contributed by atoms with E-state index in [2.05, 4.69) is 9.71 Å². The highest BCUT2D eigenvalue weighted by Crippen LogP contribution is 2.35. The van der Waals surface area contributed by atoms with Gasteiger partial charge in [-0.3, -0.25) is 9.78 Å². The van der Waals surface area contributed by atoms with Gasteiger partial charge in [-0.1, -0.05) is 12.1 Å². The van der Waals surface area contributed by atoms with Gasteiger partial charge in [0.15, 0.2) is 5.82 Å². The van der Waals surface area contributed by atoms with Crippen LogP contribution in [0.3, 0.4) is 0 Å². The summed E-state index contributed by atoms with van der Waals surface area (Å²) in [5, 5.41) is 9.64. The highest BCUT2D eigenvalue weighted by atomic mass is 32.2. The van der Waals surface area contributed by atoms with Crippen LogP contribution in [0.4, 0.5) is 8.78 Å². The molecule has 1 unspecified atom stereocenters. The Balaban J connectivity index is 1.69. The Morgan fingerprint density at radius 2 is 1.89 bits per heavy atom. The number of ether oxygens (including phenoxy) is 1. The second kappa shape index (κ2) is 11.0. The molecule has 2 aromatic heterocycles. The number of carboxylic acids is 1. The van der Waals surface area contributed by atoms with Crippen molar-refractivity contribution < 1.29 is 32.0 Å². The molecule has 0 aliphatic heterocycles. The summed E-state index contributed by atoms with van der Waals surface area (Å²) in [4.78, 5) is 15.4. The molecule has 0 bridgehead atoms. The molecule has 2 aromatic carbocycles. The van der Waals surface area contributed by atoms with Crippen LogP contribution >= 0.6 is 0 Å². The normalized spacial score (nSPS) is 12.6. The van der Waals surface area contributed by atoms with Crippen LogP contribution in [0.15, 0.2) is 53.1 Å². The number of halogens is 2. The van der Waals surface area contributed by atoms with E-state index in [-0.39, 0.29) is 36.4 Å². The van der Waals surface area contributed by atoms with Gasteiger partial charge in [0.25, 0.3) is 6.01 Å². The number of hydrogen-bond acceptors (Lipinski definition) is 5. The van der Waals surface area contributed by atoms with Crippen LogP contribution < -0.4 is 9.46 Å². The fourth-order valence-corrected chi connectivity index (χ4v) is 4.60.